The number of rotatable bonds is 2. The number of nitrogens with zero attached hydrogens (tertiary/aromatic N) is 2. The minimum atomic E-state index is 0.485. The maximum absolute atomic E-state index is 6.13. The van der Waals surface area contributed by atoms with Crippen molar-refractivity contribution in [3.8, 4) is 0 Å². The Morgan fingerprint density at radius 2 is 2.13 bits per heavy atom. The molecule has 0 spiro atoms. The van der Waals surface area contributed by atoms with Gasteiger partial charge in [-0.15, -0.1) is 0 Å². The Morgan fingerprint density at radius 1 is 1.33 bits per heavy atom. The Morgan fingerprint density at radius 3 is 2.80 bits per heavy atom. The molecule has 1 aromatic heterocycles. The Labute approximate surface area is 100 Å². The van der Waals surface area contributed by atoms with Gasteiger partial charge in [-0.05, 0) is 0 Å². The van der Waals surface area contributed by atoms with Crippen LogP contribution in [0, 0.1) is 0 Å². The van der Waals surface area contributed by atoms with E-state index < -0.39 is 0 Å². The van der Waals surface area contributed by atoms with Crippen LogP contribution < -0.4 is 4.46 Å². The van der Waals surface area contributed by atoms with Crippen molar-refractivity contribution >= 4 is 41.9 Å². The van der Waals surface area contributed by atoms with Gasteiger partial charge in [0.1, 0.15) is 0 Å². The molecular formula is C11H11ClN2Se. The standard InChI is InChI=1S/C11H11ClN2Se/c1-3-7-9(15-2)5-4-8-10(7)11(12)14-6-13-8/h4-6H,3H2,1-2H3. The van der Waals surface area contributed by atoms with Gasteiger partial charge in [-0.3, -0.25) is 0 Å². The van der Waals surface area contributed by atoms with E-state index in [0.29, 0.717) is 20.1 Å². The van der Waals surface area contributed by atoms with Gasteiger partial charge in [0, 0.05) is 0 Å². The van der Waals surface area contributed by atoms with Crippen molar-refractivity contribution in [2.24, 2.45) is 0 Å². The van der Waals surface area contributed by atoms with E-state index in [-0.39, 0.29) is 0 Å². The van der Waals surface area contributed by atoms with E-state index in [1.54, 1.807) is 0 Å². The fourth-order valence-corrected chi connectivity index (χ4v) is 3.42. The van der Waals surface area contributed by atoms with Crippen LogP contribution in [-0.2, 0) is 6.42 Å². The van der Waals surface area contributed by atoms with E-state index in [4.69, 9.17) is 11.6 Å². The Balaban J connectivity index is 2.85. The normalized spacial score (nSPS) is 10.9. The summed E-state index contributed by atoms with van der Waals surface area (Å²) < 4.78 is 1.40. The van der Waals surface area contributed by atoms with Gasteiger partial charge in [0.25, 0.3) is 0 Å². The first-order chi connectivity index (χ1) is 7.27. The second kappa shape index (κ2) is 4.48. The molecule has 0 atom stereocenters. The van der Waals surface area contributed by atoms with Crippen molar-refractivity contribution in [2.75, 3.05) is 0 Å². The van der Waals surface area contributed by atoms with E-state index in [9.17, 15) is 0 Å². The van der Waals surface area contributed by atoms with Crippen LogP contribution in [0.3, 0.4) is 0 Å². The molecule has 2 aromatic rings. The van der Waals surface area contributed by atoms with E-state index >= 15 is 0 Å². The summed E-state index contributed by atoms with van der Waals surface area (Å²) in [4.78, 5) is 8.29. The van der Waals surface area contributed by atoms with E-state index in [0.717, 1.165) is 17.3 Å². The van der Waals surface area contributed by atoms with Gasteiger partial charge in [0.15, 0.2) is 0 Å². The molecule has 0 saturated heterocycles. The average molecular weight is 286 g/mol. The van der Waals surface area contributed by atoms with Crippen LogP contribution >= 0.6 is 11.6 Å². The first-order valence-electron chi connectivity index (χ1n) is 4.74. The molecule has 0 aliphatic carbocycles. The van der Waals surface area contributed by atoms with E-state index in [2.05, 4.69) is 28.8 Å². The third kappa shape index (κ3) is 1.87. The molecule has 0 amide bonds. The Kier molecular flexibility index (Phi) is 3.25. The zero-order valence-electron chi connectivity index (χ0n) is 8.62. The van der Waals surface area contributed by atoms with E-state index in [1.807, 2.05) is 6.07 Å². The molecule has 0 radical (unpaired) electrons. The number of hydrogen-bond acceptors (Lipinski definition) is 2. The third-order valence-corrected chi connectivity index (χ3v) is 4.41. The monoisotopic (exact) mass is 286 g/mol. The third-order valence-electron chi connectivity index (χ3n) is 2.40. The molecule has 15 heavy (non-hydrogen) atoms. The predicted molar refractivity (Wildman–Crippen MR) is 65.2 cm³/mol. The summed E-state index contributed by atoms with van der Waals surface area (Å²) in [6, 6.07) is 4.19. The van der Waals surface area contributed by atoms with Crippen LogP contribution in [0.2, 0.25) is 11.0 Å². The van der Waals surface area contributed by atoms with Crippen LogP contribution in [0.4, 0.5) is 0 Å². The summed E-state index contributed by atoms with van der Waals surface area (Å²) >= 11 is 6.61. The maximum atomic E-state index is 6.13. The number of aromatic nitrogens is 2. The summed E-state index contributed by atoms with van der Waals surface area (Å²) in [5, 5.41) is 1.60. The molecule has 2 rings (SSSR count). The first kappa shape index (κ1) is 10.9. The Hall–Kier alpha value is -0.631. The number of aryl methyl sites for hydroxylation is 1. The first-order valence-corrected chi connectivity index (χ1v) is 7.68. The molecule has 0 unspecified atom stereocenters. The fourth-order valence-electron chi connectivity index (χ4n) is 1.70. The molecule has 2 nitrogen and oxygen atoms in total. The predicted octanol–water partition coefficient (Wildman–Crippen LogP) is 2.22. The van der Waals surface area contributed by atoms with Crippen LogP contribution in [-0.4, -0.2) is 24.9 Å². The summed E-state index contributed by atoms with van der Waals surface area (Å²) in [5.74, 6) is 2.21. The SMILES string of the molecule is CCc1c([Se]C)ccc2ncnc(Cl)c12. The molecular weight excluding hydrogens is 275 g/mol. The minimum absolute atomic E-state index is 0.485. The van der Waals surface area contributed by atoms with Gasteiger partial charge < -0.3 is 0 Å². The van der Waals surface area contributed by atoms with Crippen LogP contribution in [0.1, 0.15) is 12.5 Å². The second-order valence-electron chi connectivity index (χ2n) is 3.16. The number of benzene rings is 1. The molecule has 1 aromatic carbocycles. The molecule has 0 aliphatic rings. The van der Waals surface area contributed by atoms with E-state index in [1.165, 1.54) is 16.4 Å². The fraction of sp³-hybridized carbons (Fsp3) is 0.273. The van der Waals surface area contributed by atoms with Gasteiger partial charge >= 0.3 is 100 Å². The average Bonchev–Trinajstić information content (AvgIpc) is 2.28. The van der Waals surface area contributed by atoms with Crippen molar-refractivity contribution in [3.63, 3.8) is 0 Å². The van der Waals surface area contributed by atoms with Crippen molar-refractivity contribution in [3.05, 3.63) is 29.2 Å². The number of fused-ring (bicyclic) bond motifs is 1. The second-order valence-corrected chi connectivity index (χ2v) is 5.30. The van der Waals surface area contributed by atoms with Gasteiger partial charge in [-0.1, -0.05) is 0 Å². The van der Waals surface area contributed by atoms with Crippen LogP contribution in [0.15, 0.2) is 18.5 Å². The summed E-state index contributed by atoms with van der Waals surface area (Å²) in [5.41, 5.74) is 2.25. The molecule has 1 heterocycles. The molecule has 78 valence electrons. The van der Waals surface area contributed by atoms with Crippen molar-refractivity contribution in [1.29, 1.82) is 0 Å². The number of halogens is 1. The zero-order chi connectivity index (χ0) is 10.8. The van der Waals surface area contributed by atoms with Crippen LogP contribution in [0.5, 0.6) is 0 Å². The van der Waals surface area contributed by atoms with Crippen molar-refractivity contribution in [1.82, 2.24) is 9.97 Å². The Bertz CT molecular complexity index is 499. The van der Waals surface area contributed by atoms with Crippen molar-refractivity contribution < 1.29 is 0 Å². The molecule has 0 saturated carbocycles. The quantitative estimate of drug-likeness (QED) is 0.625. The van der Waals surface area contributed by atoms with Gasteiger partial charge in [0.05, 0.1) is 0 Å². The zero-order valence-corrected chi connectivity index (χ0v) is 11.1. The van der Waals surface area contributed by atoms with Gasteiger partial charge in [-0.25, -0.2) is 0 Å². The summed E-state index contributed by atoms with van der Waals surface area (Å²) in [7, 11) is 0. The summed E-state index contributed by atoms with van der Waals surface area (Å²) in [6.45, 7) is 2.15. The van der Waals surface area contributed by atoms with Gasteiger partial charge in [0.2, 0.25) is 0 Å². The molecule has 0 aliphatic heterocycles. The number of hydrogen-bond donors (Lipinski definition) is 0. The topological polar surface area (TPSA) is 25.8 Å². The van der Waals surface area contributed by atoms with Crippen molar-refractivity contribution in [2.45, 2.75) is 19.2 Å². The molecule has 0 N–H and O–H groups in total. The molecule has 4 heteroatoms. The molecule has 0 bridgehead atoms. The molecule has 0 fully saturated rings. The van der Waals surface area contributed by atoms with Crippen LogP contribution in [0.25, 0.3) is 10.9 Å². The summed E-state index contributed by atoms with van der Waals surface area (Å²) in [6.07, 6.45) is 2.50. The van der Waals surface area contributed by atoms with Gasteiger partial charge in [-0.2, -0.15) is 0 Å².